The number of rotatable bonds is 5. The summed E-state index contributed by atoms with van der Waals surface area (Å²) in [5.74, 6) is 0. The summed E-state index contributed by atoms with van der Waals surface area (Å²) in [6.45, 7) is 9.11. The first-order valence-corrected chi connectivity index (χ1v) is 6.67. The Morgan fingerprint density at radius 1 is 1.33 bits per heavy atom. The summed E-state index contributed by atoms with van der Waals surface area (Å²) in [5.41, 5.74) is 0. The minimum absolute atomic E-state index is 0.766. The summed E-state index contributed by atoms with van der Waals surface area (Å²) in [6.07, 6.45) is 1.17. The van der Waals surface area contributed by atoms with Gasteiger partial charge in [-0.2, -0.15) is 0 Å². The molecule has 84 valence electrons. The van der Waals surface area contributed by atoms with Crippen molar-refractivity contribution in [3.63, 3.8) is 0 Å². The quantitative estimate of drug-likeness (QED) is 0.824. The lowest BCUT2D eigenvalue weighted by Crippen LogP contribution is -2.56. The fourth-order valence-electron chi connectivity index (χ4n) is 1.93. The molecule has 1 N–H and O–H groups in total. The second-order valence-corrected chi connectivity index (χ2v) is 5.35. The Morgan fingerprint density at radius 2 is 2.07 bits per heavy atom. The summed E-state index contributed by atoms with van der Waals surface area (Å²) in [5, 5.41) is 3.34. The molecule has 0 saturated carbocycles. The van der Waals surface area contributed by atoms with Crippen LogP contribution in [0.1, 0.15) is 23.6 Å². The van der Waals surface area contributed by atoms with Crippen molar-refractivity contribution >= 4 is 11.3 Å². The zero-order valence-electron chi connectivity index (χ0n) is 9.62. The second-order valence-electron chi connectivity index (χ2n) is 4.10. The van der Waals surface area contributed by atoms with Gasteiger partial charge in [-0.25, -0.2) is 0 Å². The molecule has 1 aliphatic heterocycles. The molecular weight excluding hydrogens is 204 g/mol. The molecule has 0 aliphatic carbocycles. The minimum Gasteiger partial charge on any atom is -0.314 e. The lowest BCUT2D eigenvalue weighted by molar-refractivity contribution is 0.146. The van der Waals surface area contributed by atoms with Crippen LogP contribution in [-0.4, -0.2) is 30.6 Å². The summed E-state index contributed by atoms with van der Waals surface area (Å²) >= 11 is 1.97. The predicted octanol–water partition coefficient (Wildman–Crippen LogP) is 2.10. The Balaban J connectivity index is 1.93. The molecule has 2 rings (SSSR count). The summed E-state index contributed by atoms with van der Waals surface area (Å²) in [4.78, 5) is 5.59. The summed E-state index contributed by atoms with van der Waals surface area (Å²) in [6, 6.07) is 5.33. The van der Waals surface area contributed by atoms with Gasteiger partial charge in [-0.15, -0.1) is 11.3 Å². The van der Waals surface area contributed by atoms with Crippen molar-refractivity contribution in [2.24, 2.45) is 0 Å². The highest BCUT2D eigenvalue weighted by molar-refractivity contribution is 7.11. The van der Waals surface area contributed by atoms with E-state index in [4.69, 9.17) is 0 Å². The average molecular weight is 224 g/mol. The first-order chi connectivity index (χ1) is 7.33. The largest absolute Gasteiger partial charge is 0.314 e. The van der Waals surface area contributed by atoms with Crippen molar-refractivity contribution in [1.29, 1.82) is 0 Å². The number of aryl methyl sites for hydroxylation is 1. The first-order valence-electron chi connectivity index (χ1n) is 5.85. The van der Waals surface area contributed by atoms with E-state index in [2.05, 4.69) is 36.2 Å². The maximum Gasteiger partial charge on any atom is 0.0349 e. The van der Waals surface area contributed by atoms with Gasteiger partial charge in [0.05, 0.1) is 0 Å². The smallest absolute Gasteiger partial charge is 0.0349 e. The van der Waals surface area contributed by atoms with E-state index in [-0.39, 0.29) is 0 Å². The zero-order chi connectivity index (χ0) is 10.7. The maximum atomic E-state index is 3.34. The Bertz CT molecular complexity index is 304. The fraction of sp³-hybridized carbons (Fsp3) is 0.667. The number of hydrogen-bond acceptors (Lipinski definition) is 3. The van der Waals surface area contributed by atoms with Crippen LogP contribution in [0.25, 0.3) is 0 Å². The predicted molar refractivity (Wildman–Crippen MR) is 66.4 cm³/mol. The van der Waals surface area contributed by atoms with Crippen LogP contribution in [0, 0.1) is 0 Å². The highest BCUT2D eigenvalue weighted by Crippen LogP contribution is 2.20. The van der Waals surface area contributed by atoms with Crippen molar-refractivity contribution in [2.45, 2.75) is 32.9 Å². The Hall–Kier alpha value is -0.380. The normalized spacial score (nSPS) is 17.0. The standard InChI is InChI=1S/C12H20N2S/c1-3-11-5-6-12(15-11)9-14(4-2)10-7-13-8-10/h5-6,10,13H,3-4,7-9H2,1-2H3. The van der Waals surface area contributed by atoms with Crippen molar-refractivity contribution in [1.82, 2.24) is 10.2 Å². The van der Waals surface area contributed by atoms with E-state index < -0.39 is 0 Å². The monoisotopic (exact) mass is 224 g/mol. The van der Waals surface area contributed by atoms with Crippen LogP contribution in [-0.2, 0) is 13.0 Å². The Labute approximate surface area is 96.3 Å². The molecule has 0 spiro atoms. The third kappa shape index (κ3) is 2.60. The molecule has 1 aromatic heterocycles. The van der Waals surface area contributed by atoms with Gasteiger partial charge in [-0.05, 0) is 25.1 Å². The van der Waals surface area contributed by atoms with Crippen LogP contribution in [0.5, 0.6) is 0 Å². The molecule has 0 aromatic carbocycles. The molecule has 2 nitrogen and oxygen atoms in total. The van der Waals surface area contributed by atoms with E-state index >= 15 is 0 Å². The molecular formula is C12H20N2S. The van der Waals surface area contributed by atoms with Crippen LogP contribution in [0.3, 0.4) is 0 Å². The molecule has 0 unspecified atom stereocenters. The van der Waals surface area contributed by atoms with Crippen LogP contribution < -0.4 is 5.32 Å². The topological polar surface area (TPSA) is 15.3 Å². The lowest BCUT2D eigenvalue weighted by Gasteiger charge is -2.37. The molecule has 0 amide bonds. The molecule has 2 heterocycles. The number of hydrogen-bond donors (Lipinski definition) is 1. The van der Waals surface area contributed by atoms with Gasteiger partial charge in [0, 0.05) is 35.4 Å². The third-order valence-corrected chi connectivity index (χ3v) is 4.32. The minimum atomic E-state index is 0.766. The van der Waals surface area contributed by atoms with E-state index in [0.717, 1.165) is 19.1 Å². The lowest BCUT2D eigenvalue weighted by atomic mass is 10.1. The van der Waals surface area contributed by atoms with Gasteiger partial charge in [-0.1, -0.05) is 13.8 Å². The van der Waals surface area contributed by atoms with Gasteiger partial charge < -0.3 is 5.32 Å². The van der Waals surface area contributed by atoms with Gasteiger partial charge in [0.15, 0.2) is 0 Å². The molecule has 0 radical (unpaired) electrons. The van der Waals surface area contributed by atoms with Crippen LogP contribution >= 0.6 is 11.3 Å². The summed E-state index contributed by atoms with van der Waals surface area (Å²) < 4.78 is 0. The molecule has 1 saturated heterocycles. The number of nitrogens with zero attached hydrogens (tertiary/aromatic N) is 1. The van der Waals surface area contributed by atoms with Crippen molar-refractivity contribution in [2.75, 3.05) is 19.6 Å². The second kappa shape index (κ2) is 5.10. The molecule has 1 aliphatic rings. The van der Waals surface area contributed by atoms with Crippen molar-refractivity contribution < 1.29 is 0 Å². The molecule has 0 atom stereocenters. The highest BCUT2D eigenvalue weighted by Gasteiger charge is 2.23. The number of likely N-dealkylation sites (N-methyl/N-ethyl adjacent to an activating group) is 1. The molecule has 0 bridgehead atoms. The fourth-order valence-corrected chi connectivity index (χ4v) is 2.91. The van der Waals surface area contributed by atoms with E-state index in [0.29, 0.717) is 0 Å². The number of thiophene rings is 1. The van der Waals surface area contributed by atoms with Crippen LogP contribution in [0.4, 0.5) is 0 Å². The van der Waals surface area contributed by atoms with Gasteiger partial charge in [0.2, 0.25) is 0 Å². The van der Waals surface area contributed by atoms with E-state index in [1.54, 1.807) is 0 Å². The van der Waals surface area contributed by atoms with Gasteiger partial charge >= 0.3 is 0 Å². The van der Waals surface area contributed by atoms with E-state index in [1.807, 2.05) is 11.3 Å². The zero-order valence-corrected chi connectivity index (χ0v) is 10.4. The Kier molecular flexibility index (Phi) is 3.78. The van der Waals surface area contributed by atoms with Gasteiger partial charge in [0.1, 0.15) is 0 Å². The van der Waals surface area contributed by atoms with Gasteiger partial charge in [-0.3, -0.25) is 4.90 Å². The third-order valence-electron chi connectivity index (χ3n) is 3.11. The van der Waals surface area contributed by atoms with Crippen molar-refractivity contribution in [3.8, 4) is 0 Å². The van der Waals surface area contributed by atoms with Gasteiger partial charge in [0.25, 0.3) is 0 Å². The molecule has 3 heteroatoms. The van der Waals surface area contributed by atoms with E-state index in [9.17, 15) is 0 Å². The van der Waals surface area contributed by atoms with Crippen molar-refractivity contribution in [3.05, 3.63) is 21.9 Å². The highest BCUT2D eigenvalue weighted by atomic mass is 32.1. The first kappa shape index (κ1) is 11.1. The SMILES string of the molecule is CCc1ccc(CN(CC)C2CNC2)s1. The average Bonchev–Trinajstić information content (AvgIpc) is 2.61. The van der Waals surface area contributed by atoms with Crippen LogP contribution in [0.2, 0.25) is 0 Å². The molecule has 1 aromatic rings. The molecule has 15 heavy (non-hydrogen) atoms. The maximum absolute atomic E-state index is 3.34. The molecule has 1 fully saturated rings. The Morgan fingerprint density at radius 3 is 2.53 bits per heavy atom. The summed E-state index contributed by atoms with van der Waals surface area (Å²) in [7, 11) is 0. The number of nitrogens with one attached hydrogen (secondary N) is 1. The van der Waals surface area contributed by atoms with E-state index in [1.165, 1.54) is 29.3 Å². The van der Waals surface area contributed by atoms with Crippen LogP contribution in [0.15, 0.2) is 12.1 Å².